The van der Waals surface area contributed by atoms with Crippen LogP contribution in [0.5, 0.6) is 5.88 Å². The predicted octanol–water partition coefficient (Wildman–Crippen LogP) is 2.48. The zero-order valence-corrected chi connectivity index (χ0v) is 14.6. The lowest BCUT2D eigenvalue weighted by molar-refractivity contribution is 0.304. The number of alkyl halides is 1. The number of hydrogen-bond acceptors (Lipinski definition) is 5. The smallest absolute Gasteiger partial charge is 0.228 e. The maximum Gasteiger partial charge on any atom is 0.228 e. The Morgan fingerprint density at radius 3 is 2.86 bits per heavy atom. The van der Waals surface area contributed by atoms with Crippen molar-refractivity contribution in [2.24, 2.45) is 0 Å². The minimum atomic E-state index is 0.695. The van der Waals surface area contributed by atoms with E-state index in [2.05, 4.69) is 42.6 Å². The topological polar surface area (TPSA) is 41.5 Å². The molecule has 1 aromatic rings. The molecule has 6 heteroatoms. The molecule has 118 valence electrons. The fourth-order valence-electron chi connectivity index (χ4n) is 2.46. The first-order valence-electron chi connectivity index (χ1n) is 7.74. The second-order valence-corrected chi connectivity index (χ2v) is 6.16. The van der Waals surface area contributed by atoms with Crippen molar-refractivity contribution in [3.05, 3.63) is 11.8 Å². The Morgan fingerprint density at radius 2 is 2.10 bits per heavy atom. The van der Waals surface area contributed by atoms with Crippen LogP contribution in [0.4, 0.5) is 5.95 Å². The maximum atomic E-state index is 5.66. The molecule has 0 unspecified atom stereocenters. The Hall–Kier alpha value is -0.880. The highest BCUT2D eigenvalue weighted by atomic mass is 79.9. The Bertz CT molecular complexity index is 444. The van der Waals surface area contributed by atoms with E-state index in [4.69, 9.17) is 4.74 Å². The third-order valence-corrected chi connectivity index (χ3v) is 3.90. The van der Waals surface area contributed by atoms with Gasteiger partial charge in [-0.1, -0.05) is 22.9 Å². The molecule has 2 heterocycles. The zero-order valence-electron chi connectivity index (χ0n) is 13.0. The van der Waals surface area contributed by atoms with Gasteiger partial charge >= 0.3 is 0 Å². The molecule has 0 radical (unpaired) electrons. The average Bonchev–Trinajstić information content (AvgIpc) is 2.71. The van der Waals surface area contributed by atoms with Gasteiger partial charge in [0.25, 0.3) is 0 Å². The number of anilines is 1. The standard InChI is InChI=1S/C15H25BrN4O/c1-3-11-21-14-12-13(2)17-15(18-14)20-7-4-6-19(8-5-16)9-10-20/h12H,3-11H2,1-2H3. The van der Waals surface area contributed by atoms with E-state index in [1.807, 2.05) is 13.0 Å². The normalized spacial score (nSPS) is 16.8. The number of ether oxygens (including phenoxy) is 1. The van der Waals surface area contributed by atoms with E-state index >= 15 is 0 Å². The van der Waals surface area contributed by atoms with Crippen LogP contribution in [0.1, 0.15) is 25.5 Å². The largest absolute Gasteiger partial charge is 0.478 e. The van der Waals surface area contributed by atoms with Gasteiger partial charge in [0.1, 0.15) is 0 Å². The van der Waals surface area contributed by atoms with Crippen molar-refractivity contribution in [2.75, 3.05) is 49.6 Å². The van der Waals surface area contributed by atoms with E-state index in [1.165, 1.54) is 0 Å². The molecule has 0 atom stereocenters. The van der Waals surface area contributed by atoms with Gasteiger partial charge in [0, 0.05) is 43.3 Å². The highest BCUT2D eigenvalue weighted by Crippen LogP contribution is 2.17. The van der Waals surface area contributed by atoms with Crippen LogP contribution in [0, 0.1) is 6.92 Å². The summed E-state index contributed by atoms with van der Waals surface area (Å²) in [5, 5.41) is 1.03. The van der Waals surface area contributed by atoms with Crippen molar-refractivity contribution < 1.29 is 4.74 Å². The maximum absolute atomic E-state index is 5.66. The van der Waals surface area contributed by atoms with E-state index < -0.39 is 0 Å². The Labute approximate surface area is 135 Å². The third kappa shape index (κ3) is 5.11. The number of halogens is 1. The number of aryl methyl sites for hydroxylation is 1. The van der Waals surface area contributed by atoms with Crippen LogP contribution in [0.2, 0.25) is 0 Å². The zero-order chi connectivity index (χ0) is 15.1. The van der Waals surface area contributed by atoms with Crippen LogP contribution in [0.25, 0.3) is 0 Å². The molecular formula is C15H25BrN4O. The van der Waals surface area contributed by atoms with Gasteiger partial charge in [-0.05, 0) is 26.3 Å². The molecule has 0 saturated carbocycles. The van der Waals surface area contributed by atoms with Crippen molar-refractivity contribution in [1.29, 1.82) is 0 Å². The lowest BCUT2D eigenvalue weighted by Crippen LogP contribution is -2.32. The lowest BCUT2D eigenvalue weighted by Gasteiger charge is -2.22. The second-order valence-electron chi connectivity index (χ2n) is 5.37. The van der Waals surface area contributed by atoms with Crippen LogP contribution >= 0.6 is 15.9 Å². The van der Waals surface area contributed by atoms with Gasteiger partial charge in [-0.3, -0.25) is 0 Å². The SMILES string of the molecule is CCCOc1cc(C)nc(N2CCCN(CCBr)CC2)n1. The van der Waals surface area contributed by atoms with Crippen LogP contribution in [-0.4, -0.2) is 59.5 Å². The van der Waals surface area contributed by atoms with Crippen molar-refractivity contribution in [2.45, 2.75) is 26.7 Å². The van der Waals surface area contributed by atoms with Gasteiger partial charge < -0.3 is 14.5 Å². The third-order valence-electron chi connectivity index (χ3n) is 3.55. The minimum Gasteiger partial charge on any atom is -0.478 e. The van der Waals surface area contributed by atoms with Gasteiger partial charge in [0.2, 0.25) is 11.8 Å². The molecule has 0 N–H and O–H groups in total. The van der Waals surface area contributed by atoms with Crippen LogP contribution in [0.15, 0.2) is 6.07 Å². The van der Waals surface area contributed by atoms with E-state index in [9.17, 15) is 0 Å². The van der Waals surface area contributed by atoms with Crippen LogP contribution in [-0.2, 0) is 0 Å². The Balaban J connectivity index is 2.04. The molecule has 1 aliphatic rings. The van der Waals surface area contributed by atoms with Crippen molar-refractivity contribution in [1.82, 2.24) is 14.9 Å². The number of rotatable bonds is 6. The summed E-state index contributed by atoms with van der Waals surface area (Å²) in [6.07, 6.45) is 2.14. The summed E-state index contributed by atoms with van der Waals surface area (Å²) in [5.74, 6) is 1.50. The molecule has 0 aliphatic carbocycles. The van der Waals surface area contributed by atoms with Crippen LogP contribution < -0.4 is 9.64 Å². The van der Waals surface area contributed by atoms with Gasteiger partial charge in [-0.2, -0.15) is 4.98 Å². The summed E-state index contributed by atoms with van der Waals surface area (Å²) < 4.78 is 5.66. The highest BCUT2D eigenvalue weighted by Gasteiger charge is 2.17. The molecule has 1 saturated heterocycles. The Kier molecular flexibility index (Phi) is 6.70. The highest BCUT2D eigenvalue weighted by molar-refractivity contribution is 9.09. The summed E-state index contributed by atoms with van der Waals surface area (Å²) in [4.78, 5) is 13.9. The summed E-state index contributed by atoms with van der Waals surface area (Å²) in [6, 6.07) is 1.91. The molecule has 2 rings (SSSR count). The first-order chi connectivity index (χ1) is 10.2. The molecule has 0 amide bonds. The molecule has 1 aromatic heterocycles. The molecule has 1 aliphatic heterocycles. The van der Waals surface area contributed by atoms with Gasteiger partial charge in [0.15, 0.2) is 0 Å². The fraction of sp³-hybridized carbons (Fsp3) is 0.733. The van der Waals surface area contributed by atoms with E-state index in [0.29, 0.717) is 12.5 Å². The van der Waals surface area contributed by atoms with Crippen LogP contribution in [0.3, 0.4) is 0 Å². The van der Waals surface area contributed by atoms with Gasteiger partial charge in [-0.25, -0.2) is 4.98 Å². The average molecular weight is 357 g/mol. The predicted molar refractivity (Wildman–Crippen MR) is 89.6 cm³/mol. The van der Waals surface area contributed by atoms with E-state index in [-0.39, 0.29) is 0 Å². The van der Waals surface area contributed by atoms with Gasteiger partial charge in [-0.15, -0.1) is 0 Å². The van der Waals surface area contributed by atoms with Crippen molar-refractivity contribution >= 4 is 21.9 Å². The number of hydrogen-bond donors (Lipinski definition) is 0. The molecule has 5 nitrogen and oxygen atoms in total. The first kappa shape index (κ1) is 16.5. The summed E-state index contributed by atoms with van der Waals surface area (Å²) in [7, 11) is 0. The first-order valence-corrected chi connectivity index (χ1v) is 8.87. The minimum absolute atomic E-state index is 0.695. The second kappa shape index (κ2) is 8.54. The molecule has 0 spiro atoms. The lowest BCUT2D eigenvalue weighted by atomic mass is 10.4. The van der Waals surface area contributed by atoms with Gasteiger partial charge in [0.05, 0.1) is 6.61 Å². The molecule has 21 heavy (non-hydrogen) atoms. The number of nitrogens with zero attached hydrogens (tertiary/aromatic N) is 4. The fourth-order valence-corrected chi connectivity index (χ4v) is 2.96. The summed E-state index contributed by atoms with van der Waals surface area (Å²) in [5.41, 5.74) is 0.965. The monoisotopic (exact) mass is 356 g/mol. The molecular weight excluding hydrogens is 332 g/mol. The molecule has 0 aromatic carbocycles. The summed E-state index contributed by atoms with van der Waals surface area (Å²) >= 11 is 3.52. The summed E-state index contributed by atoms with van der Waals surface area (Å²) in [6.45, 7) is 10.1. The quantitative estimate of drug-likeness (QED) is 0.732. The van der Waals surface area contributed by atoms with Crippen molar-refractivity contribution in [3.8, 4) is 5.88 Å². The molecule has 0 bridgehead atoms. The molecule has 1 fully saturated rings. The van der Waals surface area contributed by atoms with E-state index in [1.54, 1.807) is 0 Å². The number of aromatic nitrogens is 2. The van der Waals surface area contributed by atoms with Crippen molar-refractivity contribution in [3.63, 3.8) is 0 Å². The Morgan fingerprint density at radius 1 is 1.24 bits per heavy atom. The van der Waals surface area contributed by atoms with E-state index in [0.717, 1.165) is 62.5 Å².